The molecule has 2 aromatic heterocycles. The van der Waals surface area contributed by atoms with Crippen LogP contribution in [0.15, 0.2) is 46.7 Å². The van der Waals surface area contributed by atoms with Gasteiger partial charge in [-0.1, -0.05) is 33.8 Å². The van der Waals surface area contributed by atoms with E-state index in [-0.39, 0.29) is 5.41 Å². The Balaban J connectivity index is 1.43. The van der Waals surface area contributed by atoms with Crippen LogP contribution in [0.2, 0.25) is 0 Å². The molecule has 1 unspecified atom stereocenters. The Morgan fingerprint density at radius 3 is 2.82 bits per heavy atom. The molecule has 3 heterocycles. The Morgan fingerprint density at radius 1 is 1.21 bits per heavy atom. The van der Waals surface area contributed by atoms with Crippen LogP contribution in [0, 0.1) is 12.3 Å². The molecule has 0 radical (unpaired) electrons. The zero-order valence-electron chi connectivity index (χ0n) is 24.7. The minimum Gasteiger partial charge on any atom is -0.492 e. The van der Waals surface area contributed by atoms with Gasteiger partial charge in [-0.3, -0.25) is 9.89 Å². The van der Waals surface area contributed by atoms with Crippen molar-refractivity contribution in [2.45, 2.75) is 86.4 Å². The summed E-state index contributed by atoms with van der Waals surface area (Å²) in [6, 6.07) is 9.40. The Morgan fingerprint density at radius 2 is 2.03 bits per heavy atom. The zero-order chi connectivity index (χ0) is 27.7. The topological polar surface area (TPSA) is 78.4 Å². The van der Waals surface area contributed by atoms with Crippen LogP contribution in [0.5, 0.6) is 5.75 Å². The molecule has 39 heavy (non-hydrogen) atoms. The molecule has 0 saturated carbocycles. The first-order valence-corrected chi connectivity index (χ1v) is 14.4. The third-order valence-corrected chi connectivity index (χ3v) is 8.08. The number of aryl methyl sites for hydroxylation is 1. The third-order valence-electron chi connectivity index (χ3n) is 8.08. The van der Waals surface area contributed by atoms with Crippen molar-refractivity contribution < 1.29 is 4.74 Å². The number of nitrogens with zero attached hydrogens (tertiary/aromatic N) is 4. The van der Waals surface area contributed by atoms with Crippen molar-refractivity contribution >= 4 is 16.9 Å². The van der Waals surface area contributed by atoms with Crippen molar-refractivity contribution in [2.75, 3.05) is 19.7 Å². The second-order valence-electron chi connectivity index (χ2n) is 12.4. The second-order valence-corrected chi connectivity index (χ2v) is 12.4. The Kier molecular flexibility index (Phi) is 7.92. The van der Waals surface area contributed by atoms with Crippen molar-refractivity contribution in [2.24, 2.45) is 10.4 Å². The van der Waals surface area contributed by atoms with Gasteiger partial charge >= 0.3 is 0 Å². The Labute approximate surface area is 233 Å². The van der Waals surface area contributed by atoms with Crippen LogP contribution in [-0.4, -0.2) is 57.3 Å². The summed E-state index contributed by atoms with van der Waals surface area (Å²) in [4.78, 5) is 20.1. The van der Waals surface area contributed by atoms with Gasteiger partial charge in [-0.25, -0.2) is 9.97 Å². The summed E-state index contributed by atoms with van der Waals surface area (Å²) in [6.45, 7) is 18.9. The lowest BCUT2D eigenvalue weighted by Crippen LogP contribution is -2.38. The van der Waals surface area contributed by atoms with Crippen LogP contribution < -0.4 is 10.1 Å². The first-order chi connectivity index (χ1) is 18.6. The maximum Gasteiger partial charge on any atom is 0.177 e. The van der Waals surface area contributed by atoms with E-state index in [9.17, 15) is 0 Å². The number of rotatable bonds is 7. The van der Waals surface area contributed by atoms with Gasteiger partial charge in [0, 0.05) is 60.5 Å². The van der Waals surface area contributed by atoms with Gasteiger partial charge in [-0.05, 0) is 74.8 Å². The molecule has 1 aliphatic heterocycles. The lowest BCUT2D eigenvalue weighted by Gasteiger charge is -2.38. The second kappa shape index (κ2) is 11.2. The maximum atomic E-state index is 6.24. The number of hydrogen-bond donors (Lipinski definition) is 2. The van der Waals surface area contributed by atoms with E-state index in [2.05, 4.69) is 91.0 Å². The number of pyridine rings is 1. The molecule has 0 saturated heterocycles. The number of imidazole rings is 1. The van der Waals surface area contributed by atoms with Crippen LogP contribution in [0.4, 0.5) is 0 Å². The fraction of sp³-hybridized carbons (Fsp3) is 0.531. The lowest BCUT2D eigenvalue weighted by molar-refractivity contribution is 0.182. The highest BCUT2D eigenvalue weighted by molar-refractivity contribution is 5.85. The summed E-state index contributed by atoms with van der Waals surface area (Å²) in [6.07, 6.45) is 5.21. The molecular weight excluding hydrogens is 484 g/mol. The van der Waals surface area contributed by atoms with Gasteiger partial charge in [0.1, 0.15) is 18.2 Å². The van der Waals surface area contributed by atoms with Crippen LogP contribution in [-0.2, 0) is 6.54 Å². The summed E-state index contributed by atoms with van der Waals surface area (Å²) in [5.74, 6) is 1.86. The van der Waals surface area contributed by atoms with Crippen molar-refractivity contribution in [1.82, 2.24) is 25.2 Å². The van der Waals surface area contributed by atoms with Crippen LogP contribution >= 0.6 is 0 Å². The average Bonchev–Trinajstić information content (AvgIpc) is 3.13. The molecule has 7 heteroatoms. The minimum atomic E-state index is 0.288. The summed E-state index contributed by atoms with van der Waals surface area (Å²) in [5, 5.41) is 3.52. The molecule has 5 rings (SSSR count). The van der Waals surface area contributed by atoms with E-state index in [4.69, 9.17) is 9.73 Å². The molecule has 1 aliphatic carbocycles. The van der Waals surface area contributed by atoms with Crippen molar-refractivity contribution in [1.29, 1.82) is 0 Å². The van der Waals surface area contributed by atoms with E-state index in [0.29, 0.717) is 18.7 Å². The number of nitrogens with one attached hydrogen (secondary N) is 2. The number of allylic oxidation sites excluding steroid dienone is 1. The first kappa shape index (κ1) is 27.5. The molecule has 0 bridgehead atoms. The number of benzene rings is 1. The highest BCUT2D eigenvalue weighted by atomic mass is 16.5. The molecule has 0 spiro atoms. The molecule has 1 atom stereocenters. The largest absolute Gasteiger partial charge is 0.492 e. The number of aliphatic imine (C=N–C) groups is 1. The number of ether oxygens (including phenoxy) is 1. The predicted molar refractivity (Wildman–Crippen MR) is 160 cm³/mol. The summed E-state index contributed by atoms with van der Waals surface area (Å²) < 4.78 is 6.24. The minimum absolute atomic E-state index is 0.288. The molecular formula is C32H44N6O. The fourth-order valence-corrected chi connectivity index (χ4v) is 5.78. The van der Waals surface area contributed by atoms with Gasteiger partial charge in [0.2, 0.25) is 0 Å². The maximum absolute atomic E-state index is 6.24. The van der Waals surface area contributed by atoms with Gasteiger partial charge in [-0.2, -0.15) is 0 Å². The van der Waals surface area contributed by atoms with Crippen molar-refractivity contribution in [3.05, 3.63) is 53.1 Å². The van der Waals surface area contributed by atoms with E-state index in [0.717, 1.165) is 72.1 Å². The molecule has 1 aromatic carbocycles. The van der Waals surface area contributed by atoms with Crippen molar-refractivity contribution in [3.8, 4) is 16.9 Å². The number of fused-ring (bicyclic) bond motifs is 2. The van der Waals surface area contributed by atoms with E-state index in [1.54, 1.807) is 0 Å². The van der Waals surface area contributed by atoms with Crippen LogP contribution in [0.1, 0.15) is 72.2 Å². The van der Waals surface area contributed by atoms with Gasteiger partial charge in [-0.15, -0.1) is 0 Å². The van der Waals surface area contributed by atoms with Crippen LogP contribution in [0.3, 0.4) is 0 Å². The van der Waals surface area contributed by atoms with E-state index in [1.807, 2.05) is 13.1 Å². The van der Waals surface area contributed by atoms with E-state index < -0.39 is 0 Å². The average molecular weight is 529 g/mol. The first-order valence-electron chi connectivity index (χ1n) is 14.4. The fourth-order valence-electron chi connectivity index (χ4n) is 5.78. The highest BCUT2D eigenvalue weighted by Gasteiger charge is 2.32. The molecule has 208 valence electrons. The summed E-state index contributed by atoms with van der Waals surface area (Å²) in [7, 11) is 0. The number of aromatic amines is 1. The SMILES string of the molecule is CC(CNC(C)C)=NC1=C(C(C)N2CCOc3ccc(-c4cnc5nc(C)[nH]c5c4)cc3C2)CC(C)(C)CC1. The molecule has 3 aromatic rings. The standard InChI is InChI=1S/C32H44N6O/c1-20(2)33-17-21(3)35-28-10-11-32(6,7)16-27(28)22(4)38-12-13-39-30-9-8-24(14-26(30)19-38)25-15-29-31(34-18-25)37-23(5)36-29/h8-9,14-15,18,20,22,33H,10-13,16-17,19H2,1-7H3,(H,34,36,37). The molecule has 0 amide bonds. The number of aromatic nitrogens is 3. The smallest absolute Gasteiger partial charge is 0.177 e. The molecule has 7 nitrogen and oxygen atoms in total. The van der Waals surface area contributed by atoms with Crippen LogP contribution in [0.25, 0.3) is 22.3 Å². The summed E-state index contributed by atoms with van der Waals surface area (Å²) in [5.41, 5.74) is 9.39. The van der Waals surface area contributed by atoms with Gasteiger partial charge < -0.3 is 15.0 Å². The molecule has 0 fully saturated rings. The quantitative estimate of drug-likeness (QED) is 0.345. The number of H-pyrrole nitrogens is 1. The predicted octanol–water partition coefficient (Wildman–Crippen LogP) is 6.44. The third kappa shape index (κ3) is 6.42. The monoisotopic (exact) mass is 528 g/mol. The van der Waals surface area contributed by atoms with E-state index >= 15 is 0 Å². The lowest BCUT2D eigenvalue weighted by atomic mass is 9.74. The zero-order valence-corrected chi connectivity index (χ0v) is 24.7. The van der Waals surface area contributed by atoms with Gasteiger partial charge in [0.25, 0.3) is 0 Å². The van der Waals surface area contributed by atoms with Crippen molar-refractivity contribution in [3.63, 3.8) is 0 Å². The Hall–Kier alpha value is -3.03. The van der Waals surface area contributed by atoms with Gasteiger partial charge in [0.05, 0.1) is 5.52 Å². The normalized spacial score (nSPS) is 19.2. The van der Waals surface area contributed by atoms with E-state index in [1.165, 1.54) is 23.3 Å². The molecule has 2 aliphatic rings. The van der Waals surface area contributed by atoms with Gasteiger partial charge in [0.15, 0.2) is 5.65 Å². The highest BCUT2D eigenvalue weighted by Crippen LogP contribution is 2.42. The summed E-state index contributed by atoms with van der Waals surface area (Å²) >= 11 is 0. The number of hydrogen-bond acceptors (Lipinski definition) is 6. The molecule has 2 N–H and O–H groups in total. The Bertz CT molecular complexity index is 1400.